The maximum Gasteiger partial charge on any atom is 0.325 e. The molecular weight excluding hydrogens is 366 g/mol. The van der Waals surface area contributed by atoms with Gasteiger partial charge >= 0.3 is 5.97 Å². The first-order valence-electron chi connectivity index (χ1n) is 9.59. The van der Waals surface area contributed by atoms with E-state index in [9.17, 15) is 9.59 Å². The largest absolute Gasteiger partial charge is 0.465 e. The van der Waals surface area contributed by atoms with Gasteiger partial charge in [0.1, 0.15) is 6.54 Å². The van der Waals surface area contributed by atoms with Crippen LogP contribution in [0.25, 0.3) is 10.9 Å². The molecule has 0 aliphatic heterocycles. The fourth-order valence-electron chi connectivity index (χ4n) is 3.29. The van der Waals surface area contributed by atoms with Crippen LogP contribution in [0, 0.1) is 13.8 Å². The Balaban J connectivity index is 1.71. The standard InChI is InChI=1S/C23H25N3O3/c1-4-29-23(28)15-26-14-19(20-7-5-6-8-21(20)26)13-24-25-22(27)12-18-10-9-16(2)11-17(18)3/h5-11,13-14H,4,12,15H2,1-3H3,(H,25,27)/b24-13-. The van der Waals surface area contributed by atoms with Gasteiger partial charge in [-0.25, -0.2) is 5.43 Å². The molecule has 0 radical (unpaired) electrons. The monoisotopic (exact) mass is 391 g/mol. The molecule has 6 nitrogen and oxygen atoms in total. The van der Waals surface area contributed by atoms with Crippen LogP contribution in [0.1, 0.15) is 29.2 Å². The molecule has 0 atom stereocenters. The van der Waals surface area contributed by atoms with Gasteiger partial charge in [-0.05, 0) is 38.0 Å². The first kappa shape index (κ1) is 20.3. The highest BCUT2D eigenvalue weighted by Gasteiger charge is 2.11. The van der Waals surface area contributed by atoms with Crippen molar-refractivity contribution < 1.29 is 14.3 Å². The lowest BCUT2D eigenvalue weighted by Gasteiger charge is -2.05. The van der Waals surface area contributed by atoms with Crippen LogP contribution in [0.2, 0.25) is 0 Å². The Kier molecular flexibility index (Phi) is 6.44. The van der Waals surface area contributed by atoms with E-state index in [1.165, 1.54) is 5.56 Å². The highest BCUT2D eigenvalue weighted by Crippen LogP contribution is 2.20. The molecule has 1 amide bonds. The van der Waals surface area contributed by atoms with Crippen LogP contribution in [-0.4, -0.2) is 29.3 Å². The number of benzene rings is 2. The number of nitrogens with zero attached hydrogens (tertiary/aromatic N) is 2. The number of carbonyl (C=O) groups excluding carboxylic acids is 2. The van der Waals surface area contributed by atoms with Gasteiger partial charge in [0, 0.05) is 22.7 Å². The average molecular weight is 391 g/mol. The number of aromatic nitrogens is 1. The Bertz CT molecular complexity index is 1070. The number of ether oxygens (including phenoxy) is 1. The molecule has 0 bridgehead atoms. The van der Waals surface area contributed by atoms with Gasteiger partial charge in [-0.2, -0.15) is 5.10 Å². The van der Waals surface area contributed by atoms with E-state index < -0.39 is 0 Å². The topological polar surface area (TPSA) is 72.7 Å². The maximum atomic E-state index is 12.2. The maximum absolute atomic E-state index is 12.2. The normalized spacial score (nSPS) is 11.1. The Morgan fingerprint density at radius 3 is 2.72 bits per heavy atom. The molecular formula is C23H25N3O3. The van der Waals surface area contributed by atoms with E-state index in [2.05, 4.69) is 16.6 Å². The summed E-state index contributed by atoms with van der Waals surface area (Å²) in [6.45, 7) is 6.28. The van der Waals surface area contributed by atoms with E-state index >= 15 is 0 Å². The molecule has 0 unspecified atom stereocenters. The molecule has 1 aromatic heterocycles. The summed E-state index contributed by atoms with van der Waals surface area (Å²) in [5, 5.41) is 5.06. The highest BCUT2D eigenvalue weighted by molar-refractivity contribution is 6.00. The first-order chi connectivity index (χ1) is 14.0. The fourth-order valence-corrected chi connectivity index (χ4v) is 3.29. The van der Waals surface area contributed by atoms with Crippen LogP contribution < -0.4 is 5.43 Å². The highest BCUT2D eigenvalue weighted by atomic mass is 16.5. The summed E-state index contributed by atoms with van der Waals surface area (Å²) in [6, 6.07) is 13.8. The van der Waals surface area contributed by atoms with E-state index in [4.69, 9.17) is 4.74 Å². The van der Waals surface area contributed by atoms with Gasteiger partial charge in [-0.15, -0.1) is 0 Å². The molecule has 3 rings (SSSR count). The number of para-hydroxylation sites is 1. The third-order valence-electron chi connectivity index (χ3n) is 4.67. The zero-order valence-electron chi connectivity index (χ0n) is 16.9. The predicted octanol–water partition coefficient (Wildman–Crippen LogP) is 3.51. The summed E-state index contributed by atoms with van der Waals surface area (Å²) in [4.78, 5) is 24.1. The SMILES string of the molecule is CCOC(=O)Cn1cc(/C=N\NC(=O)Cc2ccc(C)cc2C)c2ccccc21. The number of hydrogen-bond acceptors (Lipinski definition) is 4. The van der Waals surface area contributed by atoms with Crippen LogP contribution in [-0.2, 0) is 27.3 Å². The summed E-state index contributed by atoms with van der Waals surface area (Å²) >= 11 is 0. The molecule has 1 heterocycles. The van der Waals surface area contributed by atoms with Crippen LogP contribution >= 0.6 is 0 Å². The summed E-state index contributed by atoms with van der Waals surface area (Å²) in [6.07, 6.45) is 3.71. The zero-order valence-corrected chi connectivity index (χ0v) is 16.9. The lowest BCUT2D eigenvalue weighted by atomic mass is 10.0. The summed E-state index contributed by atoms with van der Waals surface area (Å²) in [5.74, 6) is -0.470. The minimum absolute atomic E-state index is 0.126. The third-order valence-corrected chi connectivity index (χ3v) is 4.67. The van der Waals surface area contributed by atoms with Gasteiger partial charge in [0.25, 0.3) is 0 Å². The molecule has 29 heavy (non-hydrogen) atoms. The molecule has 0 fully saturated rings. The van der Waals surface area contributed by atoms with E-state index in [1.807, 2.05) is 61.0 Å². The van der Waals surface area contributed by atoms with Gasteiger partial charge in [0.15, 0.2) is 0 Å². The van der Waals surface area contributed by atoms with Gasteiger partial charge in [-0.3, -0.25) is 9.59 Å². The Labute approximate surface area is 170 Å². The van der Waals surface area contributed by atoms with E-state index in [0.717, 1.165) is 27.6 Å². The van der Waals surface area contributed by atoms with E-state index in [1.54, 1.807) is 13.1 Å². The summed E-state index contributed by atoms with van der Waals surface area (Å²) in [7, 11) is 0. The second-order valence-corrected chi connectivity index (χ2v) is 6.93. The van der Waals surface area contributed by atoms with Crippen LogP contribution in [0.5, 0.6) is 0 Å². The molecule has 0 aliphatic carbocycles. The number of hydrogen-bond donors (Lipinski definition) is 1. The molecule has 0 saturated carbocycles. The van der Waals surface area contributed by atoms with E-state index in [0.29, 0.717) is 6.61 Å². The van der Waals surface area contributed by atoms with Gasteiger partial charge in [-0.1, -0.05) is 42.0 Å². The average Bonchev–Trinajstić information content (AvgIpc) is 3.02. The summed E-state index contributed by atoms with van der Waals surface area (Å²) < 4.78 is 6.87. The van der Waals surface area contributed by atoms with Crippen molar-refractivity contribution in [2.24, 2.45) is 5.10 Å². The van der Waals surface area contributed by atoms with Crippen LogP contribution in [0.15, 0.2) is 53.8 Å². The van der Waals surface area contributed by atoms with Gasteiger partial charge in [0.05, 0.1) is 19.2 Å². The smallest absolute Gasteiger partial charge is 0.325 e. The van der Waals surface area contributed by atoms with Crippen LogP contribution in [0.3, 0.4) is 0 Å². The van der Waals surface area contributed by atoms with Crippen LogP contribution in [0.4, 0.5) is 0 Å². The number of nitrogens with one attached hydrogen (secondary N) is 1. The van der Waals surface area contributed by atoms with Crippen molar-refractivity contribution in [3.05, 3.63) is 70.9 Å². The van der Waals surface area contributed by atoms with Crippen molar-refractivity contribution in [1.29, 1.82) is 0 Å². The Morgan fingerprint density at radius 1 is 1.17 bits per heavy atom. The predicted molar refractivity (Wildman–Crippen MR) is 114 cm³/mol. The molecule has 3 aromatic rings. The zero-order chi connectivity index (χ0) is 20.8. The van der Waals surface area contributed by atoms with E-state index in [-0.39, 0.29) is 24.8 Å². The minimum atomic E-state index is -0.293. The Morgan fingerprint density at radius 2 is 1.97 bits per heavy atom. The molecule has 0 aliphatic rings. The molecule has 0 saturated heterocycles. The fraction of sp³-hybridized carbons (Fsp3) is 0.261. The lowest BCUT2D eigenvalue weighted by molar-refractivity contribution is -0.143. The number of amides is 1. The molecule has 6 heteroatoms. The number of hydrazone groups is 1. The van der Waals surface area contributed by atoms with Crippen molar-refractivity contribution in [1.82, 2.24) is 9.99 Å². The molecule has 0 spiro atoms. The number of carbonyl (C=O) groups is 2. The van der Waals surface area contributed by atoms with Crippen molar-refractivity contribution in [3.8, 4) is 0 Å². The third kappa shape index (κ3) is 5.10. The molecule has 150 valence electrons. The molecule has 1 N–H and O–H groups in total. The van der Waals surface area contributed by atoms with Crippen molar-refractivity contribution >= 4 is 29.0 Å². The number of fused-ring (bicyclic) bond motifs is 1. The summed E-state index contributed by atoms with van der Waals surface area (Å²) in [5.41, 5.74) is 7.55. The first-order valence-corrected chi connectivity index (χ1v) is 9.59. The van der Waals surface area contributed by atoms with Gasteiger partial charge in [0.2, 0.25) is 5.91 Å². The number of esters is 1. The quantitative estimate of drug-likeness (QED) is 0.381. The lowest BCUT2D eigenvalue weighted by Crippen LogP contribution is -2.20. The van der Waals surface area contributed by atoms with Crippen molar-refractivity contribution in [2.75, 3.05) is 6.61 Å². The molecule has 2 aromatic carbocycles. The number of aryl methyl sites for hydroxylation is 2. The second-order valence-electron chi connectivity index (χ2n) is 6.93. The minimum Gasteiger partial charge on any atom is -0.465 e. The second kappa shape index (κ2) is 9.19. The Hall–Kier alpha value is -3.41. The number of rotatable bonds is 7. The van der Waals surface area contributed by atoms with Crippen molar-refractivity contribution in [2.45, 2.75) is 33.7 Å². The van der Waals surface area contributed by atoms with Gasteiger partial charge < -0.3 is 9.30 Å². The van der Waals surface area contributed by atoms with Crippen molar-refractivity contribution in [3.63, 3.8) is 0 Å².